The van der Waals surface area contributed by atoms with Crippen molar-refractivity contribution in [3.63, 3.8) is 0 Å². The van der Waals surface area contributed by atoms with Crippen LogP contribution in [0.3, 0.4) is 0 Å². The standard InChI is InChI=1S/C12H19N5O4/c1-12(21)2-5-16(6-3-12)11(20)13-4-7-17-8-9(10(18)19)14-15-17/h8,21H,2-7H2,1H3,(H,13,20)(H,18,19). The Bertz CT molecular complexity index is 517. The number of piperidine rings is 1. The number of nitrogens with one attached hydrogen (secondary N) is 1. The van der Waals surface area contributed by atoms with Crippen LogP contribution in [0.25, 0.3) is 0 Å². The minimum atomic E-state index is -1.13. The maximum Gasteiger partial charge on any atom is 0.358 e. The van der Waals surface area contributed by atoms with E-state index >= 15 is 0 Å². The maximum absolute atomic E-state index is 11.9. The monoisotopic (exact) mass is 297 g/mol. The van der Waals surface area contributed by atoms with Crippen molar-refractivity contribution in [1.29, 1.82) is 0 Å². The Morgan fingerprint density at radius 3 is 2.67 bits per heavy atom. The highest BCUT2D eigenvalue weighted by atomic mass is 16.4. The normalized spacial score (nSPS) is 17.5. The first kappa shape index (κ1) is 15.2. The van der Waals surface area contributed by atoms with Gasteiger partial charge in [0.1, 0.15) is 0 Å². The van der Waals surface area contributed by atoms with E-state index in [0.29, 0.717) is 39.0 Å². The Labute approximate surface area is 121 Å². The van der Waals surface area contributed by atoms with Crippen LogP contribution in [0.15, 0.2) is 6.20 Å². The Morgan fingerprint density at radius 1 is 1.43 bits per heavy atom. The van der Waals surface area contributed by atoms with Crippen LogP contribution in [-0.4, -0.2) is 67.3 Å². The van der Waals surface area contributed by atoms with E-state index in [1.165, 1.54) is 10.9 Å². The fraction of sp³-hybridized carbons (Fsp3) is 0.667. The van der Waals surface area contributed by atoms with Crippen molar-refractivity contribution in [3.8, 4) is 0 Å². The molecule has 1 fully saturated rings. The second-order valence-electron chi connectivity index (χ2n) is 5.39. The molecule has 1 aromatic rings. The highest BCUT2D eigenvalue weighted by Gasteiger charge is 2.29. The lowest BCUT2D eigenvalue weighted by Gasteiger charge is -2.35. The molecule has 1 aromatic heterocycles. The topological polar surface area (TPSA) is 121 Å². The number of urea groups is 1. The fourth-order valence-electron chi connectivity index (χ4n) is 2.09. The number of carboxylic acid groups (broad SMARTS) is 1. The van der Waals surface area contributed by atoms with Crippen LogP contribution in [0.2, 0.25) is 0 Å². The zero-order valence-corrected chi connectivity index (χ0v) is 11.8. The summed E-state index contributed by atoms with van der Waals surface area (Å²) in [6, 6.07) is -0.191. The van der Waals surface area contributed by atoms with Gasteiger partial charge in [-0.3, -0.25) is 0 Å². The number of amides is 2. The second-order valence-corrected chi connectivity index (χ2v) is 5.39. The van der Waals surface area contributed by atoms with Crippen LogP contribution in [0.4, 0.5) is 4.79 Å². The molecule has 0 spiro atoms. The number of hydrogen-bond donors (Lipinski definition) is 3. The van der Waals surface area contributed by atoms with Crippen molar-refractivity contribution in [2.75, 3.05) is 19.6 Å². The van der Waals surface area contributed by atoms with E-state index in [0.717, 1.165) is 0 Å². The van der Waals surface area contributed by atoms with Gasteiger partial charge in [-0.25, -0.2) is 14.3 Å². The highest BCUT2D eigenvalue weighted by Crippen LogP contribution is 2.20. The minimum absolute atomic E-state index is 0.125. The molecule has 0 atom stereocenters. The fourth-order valence-corrected chi connectivity index (χ4v) is 2.09. The summed E-state index contributed by atoms with van der Waals surface area (Å²) in [6.07, 6.45) is 2.43. The molecule has 21 heavy (non-hydrogen) atoms. The average molecular weight is 297 g/mol. The summed E-state index contributed by atoms with van der Waals surface area (Å²) in [7, 11) is 0. The predicted molar refractivity (Wildman–Crippen MR) is 71.8 cm³/mol. The van der Waals surface area contributed by atoms with Crippen LogP contribution >= 0.6 is 0 Å². The van der Waals surface area contributed by atoms with Crippen molar-refractivity contribution < 1.29 is 19.8 Å². The predicted octanol–water partition coefficient (Wildman–Crippen LogP) is -0.467. The van der Waals surface area contributed by atoms with Crippen LogP contribution in [0, 0.1) is 0 Å². The summed E-state index contributed by atoms with van der Waals surface area (Å²) in [5.41, 5.74) is -0.815. The third-order valence-electron chi connectivity index (χ3n) is 3.50. The van der Waals surface area contributed by atoms with Gasteiger partial charge in [-0.05, 0) is 19.8 Å². The number of aromatic carboxylic acids is 1. The van der Waals surface area contributed by atoms with Gasteiger partial charge < -0.3 is 20.4 Å². The largest absolute Gasteiger partial charge is 0.476 e. The summed E-state index contributed by atoms with van der Waals surface area (Å²) in [4.78, 5) is 24.2. The summed E-state index contributed by atoms with van der Waals surface area (Å²) < 4.78 is 1.37. The number of rotatable bonds is 4. The molecule has 2 heterocycles. The third kappa shape index (κ3) is 4.15. The molecule has 0 aliphatic carbocycles. The second kappa shape index (κ2) is 6.08. The van der Waals surface area contributed by atoms with E-state index in [9.17, 15) is 14.7 Å². The number of aliphatic hydroxyl groups is 1. The Balaban J connectivity index is 1.73. The summed E-state index contributed by atoms with van der Waals surface area (Å²) in [5, 5.41) is 28.4. The van der Waals surface area contributed by atoms with Gasteiger partial charge in [0.05, 0.1) is 18.3 Å². The number of aromatic nitrogens is 3. The van der Waals surface area contributed by atoms with Gasteiger partial charge in [0.15, 0.2) is 5.69 Å². The van der Waals surface area contributed by atoms with E-state index in [1.807, 2.05) is 0 Å². The first-order chi connectivity index (χ1) is 9.87. The van der Waals surface area contributed by atoms with E-state index in [4.69, 9.17) is 5.11 Å². The molecule has 9 nitrogen and oxygen atoms in total. The number of carbonyl (C=O) groups excluding carboxylic acids is 1. The van der Waals surface area contributed by atoms with E-state index in [1.54, 1.807) is 11.8 Å². The molecule has 9 heteroatoms. The molecule has 0 radical (unpaired) electrons. The molecule has 2 rings (SSSR count). The van der Waals surface area contributed by atoms with E-state index in [2.05, 4.69) is 15.6 Å². The first-order valence-corrected chi connectivity index (χ1v) is 6.76. The Kier molecular flexibility index (Phi) is 4.41. The number of carbonyl (C=O) groups is 2. The number of carboxylic acids is 1. The number of likely N-dealkylation sites (tertiary alicyclic amines) is 1. The molecule has 0 saturated carbocycles. The number of nitrogens with zero attached hydrogens (tertiary/aromatic N) is 4. The maximum atomic E-state index is 11.9. The highest BCUT2D eigenvalue weighted by molar-refractivity contribution is 5.84. The van der Waals surface area contributed by atoms with Gasteiger partial charge in [0, 0.05) is 19.6 Å². The van der Waals surface area contributed by atoms with Crippen LogP contribution in [-0.2, 0) is 6.54 Å². The molecule has 3 N–H and O–H groups in total. The molecule has 0 unspecified atom stereocenters. The molecule has 1 saturated heterocycles. The molecular formula is C12H19N5O4. The molecule has 116 valence electrons. The van der Waals surface area contributed by atoms with E-state index in [-0.39, 0.29) is 11.7 Å². The zero-order valence-electron chi connectivity index (χ0n) is 11.8. The Morgan fingerprint density at radius 2 is 2.10 bits per heavy atom. The van der Waals surface area contributed by atoms with Gasteiger partial charge in [0.25, 0.3) is 0 Å². The molecule has 1 aliphatic rings. The van der Waals surface area contributed by atoms with Crippen LogP contribution in [0.5, 0.6) is 0 Å². The van der Waals surface area contributed by atoms with Gasteiger partial charge in [-0.1, -0.05) is 5.21 Å². The third-order valence-corrected chi connectivity index (χ3v) is 3.50. The van der Waals surface area contributed by atoms with Crippen molar-refractivity contribution in [1.82, 2.24) is 25.2 Å². The van der Waals surface area contributed by atoms with Gasteiger partial charge >= 0.3 is 12.0 Å². The van der Waals surface area contributed by atoms with E-state index < -0.39 is 11.6 Å². The average Bonchev–Trinajstić information content (AvgIpc) is 2.87. The van der Waals surface area contributed by atoms with Crippen molar-refractivity contribution in [2.45, 2.75) is 31.9 Å². The Hall–Kier alpha value is -2.16. The molecule has 1 aliphatic heterocycles. The summed E-state index contributed by atoms with van der Waals surface area (Å²) >= 11 is 0. The van der Waals surface area contributed by atoms with Gasteiger partial charge in [0.2, 0.25) is 0 Å². The van der Waals surface area contributed by atoms with Crippen molar-refractivity contribution in [2.24, 2.45) is 0 Å². The summed E-state index contributed by atoms with van der Waals surface area (Å²) in [5.74, 6) is -1.13. The lowest BCUT2D eigenvalue weighted by Crippen LogP contribution is -2.49. The van der Waals surface area contributed by atoms with Gasteiger partial charge in [-0.15, -0.1) is 5.10 Å². The van der Waals surface area contributed by atoms with Crippen molar-refractivity contribution >= 4 is 12.0 Å². The van der Waals surface area contributed by atoms with Crippen LogP contribution < -0.4 is 5.32 Å². The number of hydrogen-bond acceptors (Lipinski definition) is 5. The van der Waals surface area contributed by atoms with Gasteiger partial charge in [-0.2, -0.15) is 0 Å². The lowest BCUT2D eigenvalue weighted by atomic mass is 9.94. The smallest absolute Gasteiger partial charge is 0.358 e. The lowest BCUT2D eigenvalue weighted by molar-refractivity contribution is 0.00438. The molecular weight excluding hydrogens is 278 g/mol. The summed E-state index contributed by atoms with van der Waals surface area (Å²) in [6.45, 7) is 3.48. The van der Waals surface area contributed by atoms with Crippen LogP contribution in [0.1, 0.15) is 30.3 Å². The molecule has 0 aromatic carbocycles. The molecule has 2 amide bonds. The first-order valence-electron chi connectivity index (χ1n) is 6.76. The quantitative estimate of drug-likeness (QED) is 0.691. The zero-order chi connectivity index (χ0) is 15.5. The molecule has 0 bridgehead atoms. The minimum Gasteiger partial charge on any atom is -0.476 e. The SMILES string of the molecule is CC1(O)CCN(C(=O)NCCn2cc(C(=O)O)nn2)CC1. The van der Waals surface area contributed by atoms with Crippen molar-refractivity contribution in [3.05, 3.63) is 11.9 Å².